The first-order valence-electron chi connectivity index (χ1n) is 10.5. The maximum atomic E-state index is 6.70. The molecule has 0 aromatic heterocycles. The molecule has 0 bridgehead atoms. The topological polar surface area (TPSA) is 34.2 Å². The van der Waals surface area contributed by atoms with Gasteiger partial charge in [0.15, 0.2) is 14.7 Å². The lowest BCUT2D eigenvalue weighted by atomic mass is 10.1. The summed E-state index contributed by atoms with van der Waals surface area (Å²) in [6, 6.07) is 9.93. The van der Waals surface area contributed by atoms with E-state index < -0.39 is 8.45 Å². The summed E-state index contributed by atoms with van der Waals surface area (Å²) in [5.41, 5.74) is 2.22. The Labute approximate surface area is 173 Å². The molecule has 28 heavy (non-hydrogen) atoms. The van der Waals surface area contributed by atoms with Crippen LogP contribution in [0.15, 0.2) is 24.3 Å². The molecule has 0 saturated carbocycles. The highest BCUT2D eigenvalue weighted by Gasteiger charge is 2.34. The van der Waals surface area contributed by atoms with Crippen molar-refractivity contribution >= 4 is 8.45 Å². The number of benzene rings is 1. The molecule has 1 fully saturated rings. The first-order chi connectivity index (χ1) is 13.2. The normalized spacial score (nSPS) is 16.2. The highest BCUT2D eigenvalue weighted by Crippen LogP contribution is 2.51. The van der Waals surface area contributed by atoms with E-state index in [-0.39, 0.29) is 6.29 Å². The molecule has 1 heterocycles. The van der Waals surface area contributed by atoms with Crippen LogP contribution >= 0.6 is 8.45 Å². The molecular weight excluding hydrogens is 371 g/mol. The maximum Gasteiger partial charge on any atom is 0.189 e. The second-order valence-electron chi connectivity index (χ2n) is 8.43. The van der Waals surface area contributed by atoms with Crippen molar-refractivity contribution in [3.05, 3.63) is 35.4 Å². The van der Waals surface area contributed by atoms with E-state index in [4.69, 9.17) is 14.0 Å². The summed E-state index contributed by atoms with van der Waals surface area (Å²) in [5.74, 6) is 0. The quantitative estimate of drug-likeness (QED) is 0.461. The number of ether oxygens (including phenoxy) is 2. The second kappa shape index (κ2) is 11.0. The fourth-order valence-corrected chi connectivity index (χ4v) is 6.14. The monoisotopic (exact) mass is 410 g/mol. The molecule has 160 valence electrons. The molecule has 1 aliphatic heterocycles. The third kappa shape index (κ3) is 5.98. The van der Waals surface area contributed by atoms with Gasteiger partial charge in [-0.1, -0.05) is 24.3 Å². The van der Waals surface area contributed by atoms with Crippen molar-refractivity contribution in [2.75, 3.05) is 13.2 Å². The Kier molecular flexibility index (Phi) is 9.33. The lowest BCUT2D eigenvalue weighted by Crippen LogP contribution is -2.43. The Bertz CT molecular complexity index is 553. The van der Waals surface area contributed by atoms with Crippen molar-refractivity contribution in [2.45, 2.75) is 92.5 Å². The van der Waals surface area contributed by atoms with Crippen molar-refractivity contribution < 1.29 is 14.0 Å². The number of hydrogen-bond acceptors (Lipinski definition) is 5. The summed E-state index contributed by atoms with van der Waals surface area (Å²) in [7, 11) is -0.909. The molecule has 0 aliphatic carbocycles. The molecule has 5 nitrogen and oxygen atoms in total. The molecule has 0 unspecified atom stereocenters. The van der Waals surface area contributed by atoms with Crippen molar-refractivity contribution in [3.63, 3.8) is 0 Å². The van der Waals surface area contributed by atoms with Gasteiger partial charge in [0, 0.05) is 29.7 Å². The van der Waals surface area contributed by atoms with Gasteiger partial charge in [-0.05, 0) is 61.0 Å². The van der Waals surface area contributed by atoms with Gasteiger partial charge in [0.1, 0.15) is 0 Å². The third-order valence-electron chi connectivity index (χ3n) is 4.78. The van der Waals surface area contributed by atoms with E-state index in [0.29, 0.717) is 44.0 Å². The first kappa shape index (κ1) is 23.7. The molecule has 1 aromatic carbocycles. The average Bonchev–Trinajstić information content (AvgIpc) is 3.13. The lowest BCUT2D eigenvalue weighted by molar-refractivity contribution is -0.0452. The van der Waals surface area contributed by atoms with Crippen LogP contribution < -0.4 is 0 Å². The van der Waals surface area contributed by atoms with Gasteiger partial charge in [-0.3, -0.25) is 0 Å². The first-order valence-corrected chi connectivity index (χ1v) is 11.7. The van der Waals surface area contributed by atoms with Crippen LogP contribution in [0.5, 0.6) is 0 Å². The summed E-state index contributed by atoms with van der Waals surface area (Å²) in [5, 5.41) is 0. The summed E-state index contributed by atoms with van der Waals surface area (Å²) in [4.78, 5) is 0. The molecule has 1 aromatic rings. The van der Waals surface area contributed by atoms with Gasteiger partial charge < -0.3 is 14.0 Å². The van der Waals surface area contributed by atoms with Gasteiger partial charge in [0.25, 0.3) is 0 Å². The fourth-order valence-electron chi connectivity index (χ4n) is 3.80. The van der Waals surface area contributed by atoms with Crippen LogP contribution in [-0.2, 0) is 20.6 Å². The largest absolute Gasteiger partial charge is 0.346 e. The van der Waals surface area contributed by atoms with Crippen molar-refractivity contribution in [2.24, 2.45) is 0 Å². The van der Waals surface area contributed by atoms with Crippen molar-refractivity contribution in [1.29, 1.82) is 0 Å². The van der Waals surface area contributed by atoms with Crippen LogP contribution in [0.4, 0.5) is 0 Å². The van der Waals surface area contributed by atoms with E-state index in [1.54, 1.807) is 0 Å². The molecule has 1 aliphatic rings. The van der Waals surface area contributed by atoms with E-state index in [2.05, 4.69) is 82.9 Å². The van der Waals surface area contributed by atoms with E-state index in [9.17, 15) is 0 Å². The van der Waals surface area contributed by atoms with E-state index in [1.807, 2.05) is 6.07 Å². The number of nitrogens with zero attached hydrogens (tertiary/aromatic N) is 2. The van der Waals surface area contributed by atoms with Gasteiger partial charge in [0.05, 0.1) is 19.8 Å². The predicted molar refractivity (Wildman–Crippen MR) is 117 cm³/mol. The summed E-state index contributed by atoms with van der Waals surface area (Å²) >= 11 is 0. The second-order valence-corrected chi connectivity index (χ2v) is 10.1. The zero-order valence-corrected chi connectivity index (χ0v) is 19.8. The summed E-state index contributed by atoms with van der Waals surface area (Å²) in [6.07, 6.45) is -0.274. The molecule has 0 spiro atoms. The molecular formula is C22H39N2O3P. The van der Waals surface area contributed by atoms with Gasteiger partial charge in [0.2, 0.25) is 0 Å². The van der Waals surface area contributed by atoms with Crippen LogP contribution in [0.25, 0.3) is 0 Å². The third-order valence-corrected chi connectivity index (χ3v) is 7.78. The maximum absolute atomic E-state index is 6.70. The van der Waals surface area contributed by atoms with E-state index >= 15 is 0 Å². The van der Waals surface area contributed by atoms with Gasteiger partial charge >= 0.3 is 0 Å². The minimum atomic E-state index is -0.909. The molecule has 0 N–H and O–H groups in total. The van der Waals surface area contributed by atoms with E-state index in [1.165, 1.54) is 0 Å². The van der Waals surface area contributed by atoms with Gasteiger partial charge in [-0.25, -0.2) is 9.34 Å². The summed E-state index contributed by atoms with van der Waals surface area (Å²) < 4.78 is 23.2. The fraction of sp³-hybridized carbons (Fsp3) is 0.727. The van der Waals surface area contributed by atoms with Gasteiger partial charge in [-0.15, -0.1) is 0 Å². The Hall–Kier alpha value is -0.550. The zero-order valence-electron chi connectivity index (χ0n) is 18.9. The van der Waals surface area contributed by atoms with Crippen molar-refractivity contribution in [1.82, 2.24) is 9.34 Å². The molecule has 1 saturated heterocycles. The predicted octanol–water partition coefficient (Wildman–Crippen LogP) is 5.71. The van der Waals surface area contributed by atoms with Crippen molar-refractivity contribution in [3.8, 4) is 0 Å². The smallest absolute Gasteiger partial charge is 0.189 e. The Balaban J connectivity index is 2.28. The molecule has 6 heteroatoms. The van der Waals surface area contributed by atoms with E-state index in [0.717, 1.165) is 11.1 Å². The SMILES string of the molecule is CC(C)N(C(C)C)P(OCc1ccccc1C1OCCO1)N(C(C)C)C(C)C. The molecule has 0 radical (unpaired) electrons. The lowest BCUT2D eigenvalue weighted by Gasteiger charge is -2.45. The Morgan fingerprint density at radius 1 is 0.857 bits per heavy atom. The van der Waals surface area contributed by atoms with Gasteiger partial charge in [-0.2, -0.15) is 0 Å². The van der Waals surface area contributed by atoms with Crippen LogP contribution in [0.2, 0.25) is 0 Å². The minimum Gasteiger partial charge on any atom is -0.346 e. The van der Waals surface area contributed by atoms with Crippen LogP contribution in [0.1, 0.15) is 72.8 Å². The van der Waals surface area contributed by atoms with Crippen LogP contribution in [-0.4, -0.2) is 46.7 Å². The number of hydrogen-bond donors (Lipinski definition) is 0. The minimum absolute atomic E-state index is 0.274. The Morgan fingerprint density at radius 3 is 1.79 bits per heavy atom. The standard InChI is InChI=1S/C22H39N2O3P/c1-16(2)23(17(3)4)28(24(18(5)6)19(7)8)27-15-20-11-9-10-12-21(20)22-25-13-14-26-22/h9-12,16-19,22H,13-15H2,1-8H3. The Morgan fingerprint density at radius 2 is 1.32 bits per heavy atom. The summed E-state index contributed by atoms with van der Waals surface area (Å²) in [6.45, 7) is 19.9. The van der Waals surface area contributed by atoms with Crippen LogP contribution in [0, 0.1) is 0 Å². The average molecular weight is 411 g/mol. The molecule has 0 amide bonds. The zero-order chi connectivity index (χ0) is 20.8. The highest BCUT2D eigenvalue weighted by molar-refractivity contribution is 7.47. The van der Waals surface area contributed by atoms with Crippen LogP contribution in [0.3, 0.4) is 0 Å². The highest BCUT2D eigenvalue weighted by atomic mass is 31.2. The molecule has 0 atom stereocenters. The number of rotatable bonds is 10. The molecule has 2 rings (SSSR count).